The normalized spacial score (nSPS) is 38.1. The lowest BCUT2D eigenvalue weighted by Crippen LogP contribution is -2.72. The Morgan fingerprint density at radius 2 is 1.74 bits per heavy atom. The number of hydrogen-bond acceptors (Lipinski definition) is 11. The van der Waals surface area contributed by atoms with Gasteiger partial charge in [0.25, 0.3) is 0 Å². The summed E-state index contributed by atoms with van der Waals surface area (Å²) in [6, 6.07) is 2.52. The second-order valence-corrected chi connectivity index (χ2v) is 11.1. The van der Waals surface area contributed by atoms with E-state index in [0.29, 0.717) is 18.5 Å². The van der Waals surface area contributed by atoms with Crippen LogP contribution in [0.15, 0.2) is 29.2 Å². The minimum Gasteiger partial charge on any atom is -0.399 e. The predicted octanol–water partition coefficient (Wildman–Crippen LogP) is -2.10. The monoisotopic (exact) mass is 503 g/mol. The Morgan fingerprint density at radius 1 is 1.12 bits per heavy atom. The van der Waals surface area contributed by atoms with Gasteiger partial charge in [0, 0.05) is 25.9 Å². The molecule has 194 valence electrons. The Hall–Kier alpha value is -1.39. The van der Waals surface area contributed by atoms with Gasteiger partial charge in [0.1, 0.15) is 18.3 Å². The second-order valence-electron chi connectivity index (χ2n) is 9.08. The van der Waals surface area contributed by atoms with Crippen LogP contribution in [0, 0.1) is 0 Å². The van der Waals surface area contributed by atoms with Crippen molar-refractivity contribution in [3.8, 4) is 0 Å². The summed E-state index contributed by atoms with van der Waals surface area (Å²) in [5.74, 6) is 0. The van der Waals surface area contributed by atoms with Crippen LogP contribution in [-0.2, 0) is 24.2 Å². The summed E-state index contributed by atoms with van der Waals surface area (Å²) in [6.45, 7) is 1.81. The van der Waals surface area contributed by atoms with Crippen LogP contribution in [0.5, 0.6) is 0 Å². The van der Waals surface area contributed by atoms with Crippen LogP contribution in [0.1, 0.15) is 19.8 Å². The van der Waals surface area contributed by atoms with Crippen LogP contribution < -0.4 is 22.9 Å². The number of nitrogens with zero attached hydrogens (tertiary/aromatic N) is 1. The molecule has 10 atom stereocenters. The molecule has 0 spiro atoms. The largest absolute Gasteiger partial charge is 0.399 e. The van der Waals surface area contributed by atoms with E-state index in [4.69, 9.17) is 37.1 Å². The smallest absolute Gasteiger partial charge is 0.243 e. The molecule has 0 radical (unpaired) electrons. The first-order valence-electron chi connectivity index (χ1n) is 11.2. The van der Waals surface area contributed by atoms with Crippen molar-refractivity contribution in [2.24, 2.45) is 17.2 Å². The number of sulfonamides is 1. The number of methoxy groups -OCH3 is 1. The molecule has 1 aromatic rings. The van der Waals surface area contributed by atoms with Gasteiger partial charge in [-0.3, -0.25) is 0 Å². The van der Waals surface area contributed by atoms with Gasteiger partial charge in [-0.2, -0.15) is 4.31 Å². The van der Waals surface area contributed by atoms with Crippen LogP contribution in [-0.4, -0.2) is 98.1 Å². The van der Waals surface area contributed by atoms with Gasteiger partial charge in [0.05, 0.1) is 35.2 Å². The number of nitrogen functional groups attached to an aromatic ring is 1. The fraction of sp³-hybridized carbons (Fsp3) is 0.714. The van der Waals surface area contributed by atoms with Crippen molar-refractivity contribution in [3.63, 3.8) is 0 Å². The predicted molar refractivity (Wildman–Crippen MR) is 125 cm³/mol. The van der Waals surface area contributed by atoms with E-state index < -0.39 is 58.9 Å². The molecule has 13 heteroatoms. The molecule has 1 heterocycles. The highest BCUT2D eigenvalue weighted by molar-refractivity contribution is 7.89. The molecule has 0 aromatic heterocycles. The third kappa shape index (κ3) is 5.23. The van der Waals surface area contributed by atoms with Gasteiger partial charge in [0.15, 0.2) is 6.29 Å². The third-order valence-electron chi connectivity index (χ3n) is 6.70. The van der Waals surface area contributed by atoms with Crippen molar-refractivity contribution in [1.82, 2.24) is 4.31 Å². The summed E-state index contributed by atoms with van der Waals surface area (Å²) >= 11 is 0. The van der Waals surface area contributed by atoms with Gasteiger partial charge in [-0.1, -0.05) is 0 Å². The summed E-state index contributed by atoms with van der Waals surface area (Å²) in [4.78, 5) is -0.0366. The molecule has 0 bridgehead atoms. The topological polar surface area (TPSA) is 210 Å². The zero-order valence-corrected chi connectivity index (χ0v) is 20.4. The Morgan fingerprint density at radius 3 is 2.29 bits per heavy atom. The maximum Gasteiger partial charge on any atom is 0.243 e. The molecule has 1 aromatic carbocycles. The maximum absolute atomic E-state index is 13.3. The SMILES string of the molecule is COC1C(O)C(N)C(OC2OC(C(C)N)CCC2N)C(O)C1N(C)S(=O)(=O)c1ccc(N)cc1. The van der Waals surface area contributed by atoms with Gasteiger partial charge < -0.3 is 47.4 Å². The van der Waals surface area contributed by atoms with Crippen LogP contribution in [0.4, 0.5) is 5.69 Å². The van der Waals surface area contributed by atoms with Gasteiger partial charge in [-0.05, 0) is 44.0 Å². The van der Waals surface area contributed by atoms with Crippen molar-refractivity contribution >= 4 is 15.7 Å². The number of aliphatic hydroxyl groups is 2. The molecule has 1 aliphatic heterocycles. The molecule has 34 heavy (non-hydrogen) atoms. The number of hydrogen-bond donors (Lipinski definition) is 6. The van der Waals surface area contributed by atoms with E-state index in [1.54, 1.807) is 6.92 Å². The number of anilines is 1. The van der Waals surface area contributed by atoms with E-state index >= 15 is 0 Å². The number of nitrogens with two attached hydrogens (primary N) is 4. The Kier molecular flexibility index (Phi) is 8.56. The van der Waals surface area contributed by atoms with E-state index in [2.05, 4.69) is 0 Å². The lowest BCUT2D eigenvalue weighted by molar-refractivity contribution is -0.265. The van der Waals surface area contributed by atoms with Crippen molar-refractivity contribution in [3.05, 3.63) is 24.3 Å². The first-order chi connectivity index (χ1) is 15.9. The van der Waals surface area contributed by atoms with Gasteiger partial charge in [-0.25, -0.2) is 8.42 Å². The molecule has 1 saturated carbocycles. The number of rotatable bonds is 7. The van der Waals surface area contributed by atoms with Crippen molar-refractivity contribution < 1.29 is 32.8 Å². The molecule has 2 aliphatic rings. The molecular formula is C21H37N5O7S. The summed E-state index contributed by atoms with van der Waals surface area (Å²) in [5.41, 5.74) is 24.4. The molecule has 10 N–H and O–H groups in total. The van der Waals surface area contributed by atoms with Gasteiger partial charge >= 0.3 is 0 Å². The minimum absolute atomic E-state index is 0.0366. The lowest BCUT2D eigenvalue weighted by atomic mass is 9.81. The van der Waals surface area contributed by atoms with Gasteiger partial charge in [0.2, 0.25) is 10.0 Å². The molecule has 2 fully saturated rings. The van der Waals surface area contributed by atoms with E-state index in [1.807, 2.05) is 0 Å². The second kappa shape index (κ2) is 10.7. The zero-order chi connectivity index (χ0) is 25.4. The molecule has 0 amide bonds. The number of likely N-dealkylation sites (N-methyl/N-ethyl adjacent to an activating group) is 1. The van der Waals surface area contributed by atoms with Crippen LogP contribution in [0.2, 0.25) is 0 Å². The fourth-order valence-electron chi connectivity index (χ4n) is 4.58. The van der Waals surface area contributed by atoms with Crippen LogP contribution in [0.3, 0.4) is 0 Å². The Bertz CT molecular complexity index is 919. The van der Waals surface area contributed by atoms with E-state index in [-0.39, 0.29) is 17.0 Å². The number of aliphatic hydroxyl groups excluding tert-OH is 2. The highest BCUT2D eigenvalue weighted by atomic mass is 32.2. The van der Waals surface area contributed by atoms with Crippen molar-refractivity contribution in [2.45, 2.75) is 85.6 Å². The molecule has 10 unspecified atom stereocenters. The highest BCUT2D eigenvalue weighted by Crippen LogP contribution is 2.33. The standard InChI is InChI=1S/C21H37N5O7S/c1-10(22)14-9-8-13(24)21(32-14)33-19-15(25)17(27)20(31-3)16(18(19)28)26(2)34(29,30)12-6-4-11(23)5-7-12/h4-7,10,13-21,27-28H,8-9,22-25H2,1-3H3. The molecular weight excluding hydrogens is 466 g/mol. The third-order valence-corrected chi connectivity index (χ3v) is 8.57. The van der Waals surface area contributed by atoms with Crippen molar-refractivity contribution in [1.29, 1.82) is 0 Å². The summed E-state index contributed by atoms with van der Waals surface area (Å²) in [5, 5.41) is 22.2. The van der Waals surface area contributed by atoms with Crippen LogP contribution in [0.25, 0.3) is 0 Å². The molecule has 1 saturated heterocycles. The maximum atomic E-state index is 13.3. The average molecular weight is 504 g/mol. The zero-order valence-electron chi connectivity index (χ0n) is 19.6. The number of ether oxygens (including phenoxy) is 3. The van der Waals surface area contributed by atoms with E-state index in [0.717, 1.165) is 4.31 Å². The average Bonchev–Trinajstić information content (AvgIpc) is 2.79. The van der Waals surface area contributed by atoms with Gasteiger partial charge in [-0.15, -0.1) is 0 Å². The minimum atomic E-state index is -4.10. The Labute approximate surface area is 200 Å². The summed E-state index contributed by atoms with van der Waals surface area (Å²) in [6.07, 6.45) is -5.16. The van der Waals surface area contributed by atoms with E-state index in [9.17, 15) is 18.6 Å². The first kappa shape index (κ1) is 27.2. The highest BCUT2D eigenvalue weighted by Gasteiger charge is 2.54. The lowest BCUT2D eigenvalue weighted by Gasteiger charge is -2.49. The molecule has 1 aliphatic carbocycles. The first-order valence-corrected chi connectivity index (χ1v) is 12.6. The summed E-state index contributed by atoms with van der Waals surface area (Å²) < 4.78 is 44.9. The molecule has 3 rings (SSSR count). The van der Waals surface area contributed by atoms with E-state index in [1.165, 1.54) is 38.4 Å². The fourth-order valence-corrected chi connectivity index (χ4v) is 5.96. The summed E-state index contributed by atoms with van der Waals surface area (Å²) in [7, 11) is -1.50. The molecule has 12 nitrogen and oxygen atoms in total. The van der Waals surface area contributed by atoms with Crippen molar-refractivity contribution in [2.75, 3.05) is 19.9 Å². The van der Waals surface area contributed by atoms with Crippen LogP contribution >= 0.6 is 0 Å². The quantitative estimate of drug-likeness (QED) is 0.222. The Balaban J connectivity index is 1.90. The number of benzene rings is 1.